The lowest BCUT2D eigenvalue weighted by atomic mass is 10.2. The molecule has 1 rings (SSSR count). The van der Waals surface area contributed by atoms with Gasteiger partial charge in [-0.3, -0.25) is 4.79 Å². The SMILES string of the molecule is CCOC(=O)OCC#Cc1ccccc1NC(=O)C(F)(F)F. The Bertz CT molecular complexity index is 602. The first-order valence-electron chi connectivity index (χ1n) is 6.10. The van der Waals surface area contributed by atoms with E-state index in [4.69, 9.17) is 0 Å². The molecule has 0 bridgehead atoms. The van der Waals surface area contributed by atoms with Crippen molar-refractivity contribution in [3.8, 4) is 11.8 Å². The van der Waals surface area contributed by atoms with Crippen LogP contribution in [0, 0.1) is 11.8 Å². The quantitative estimate of drug-likeness (QED) is 0.688. The molecule has 1 amide bonds. The summed E-state index contributed by atoms with van der Waals surface area (Å²) in [5, 5.41) is 1.72. The summed E-state index contributed by atoms with van der Waals surface area (Å²) in [6, 6.07) is 5.69. The molecule has 0 saturated heterocycles. The molecule has 118 valence electrons. The fraction of sp³-hybridized carbons (Fsp3) is 0.286. The summed E-state index contributed by atoms with van der Waals surface area (Å²) in [5.41, 5.74) is 0.0704. The number of anilines is 1. The van der Waals surface area contributed by atoms with Crippen LogP contribution in [0.15, 0.2) is 24.3 Å². The monoisotopic (exact) mass is 315 g/mol. The number of rotatable bonds is 3. The van der Waals surface area contributed by atoms with Crippen molar-refractivity contribution in [3.63, 3.8) is 0 Å². The average Bonchev–Trinajstić information content (AvgIpc) is 2.44. The smallest absolute Gasteiger partial charge is 0.435 e. The standard InChI is InChI=1S/C14H12F3NO4/c1-2-21-13(20)22-9-5-7-10-6-3-4-8-11(10)18-12(19)14(15,16)17/h3-4,6,8H,2,9H2,1H3,(H,18,19). The number of carbonyl (C=O) groups is 2. The van der Waals surface area contributed by atoms with Gasteiger partial charge in [-0.15, -0.1) is 0 Å². The molecule has 0 aromatic heterocycles. The fourth-order valence-corrected chi connectivity index (χ4v) is 1.28. The molecule has 0 aliphatic rings. The zero-order chi connectivity index (χ0) is 16.6. The fourth-order valence-electron chi connectivity index (χ4n) is 1.28. The van der Waals surface area contributed by atoms with Gasteiger partial charge in [0.1, 0.15) is 0 Å². The molecule has 1 aromatic carbocycles. The Kier molecular flexibility index (Phi) is 6.25. The van der Waals surface area contributed by atoms with Crippen molar-refractivity contribution in [2.24, 2.45) is 0 Å². The summed E-state index contributed by atoms with van der Waals surface area (Å²) < 4.78 is 45.7. The van der Waals surface area contributed by atoms with Crippen LogP contribution in [0.3, 0.4) is 0 Å². The number of hydrogen-bond acceptors (Lipinski definition) is 4. The molecule has 1 N–H and O–H groups in total. The summed E-state index contributed by atoms with van der Waals surface area (Å²) in [4.78, 5) is 21.8. The molecule has 0 unspecified atom stereocenters. The van der Waals surface area contributed by atoms with E-state index >= 15 is 0 Å². The molecule has 0 heterocycles. The molecule has 0 atom stereocenters. The van der Waals surface area contributed by atoms with E-state index in [1.54, 1.807) is 18.3 Å². The van der Waals surface area contributed by atoms with Crippen LogP contribution in [0.1, 0.15) is 12.5 Å². The van der Waals surface area contributed by atoms with Crippen LogP contribution in [-0.2, 0) is 14.3 Å². The number of hydrogen-bond donors (Lipinski definition) is 1. The second-order valence-electron chi connectivity index (χ2n) is 3.77. The highest BCUT2D eigenvalue weighted by molar-refractivity contribution is 5.96. The van der Waals surface area contributed by atoms with Crippen LogP contribution < -0.4 is 5.32 Å². The van der Waals surface area contributed by atoms with Gasteiger partial charge in [0.15, 0.2) is 6.61 Å². The first-order chi connectivity index (χ1) is 10.3. The van der Waals surface area contributed by atoms with Crippen LogP contribution in [-0.4, -0.2) is 31.5 Å². The largest absolute Gasteiger partial charge is 0.509 e. The van der Waals surface area contributed by atoms with Gasteiger partial charge in [0.05, 0.1) is 12.3 Å². The van der Waals surface area contributed by atoms with Crippen molar-refractivity contribution >= 4 is 17.7 Å². The van der Waals surface area contributed by atoms with Crippen molar-refractivity contribution in [2.45, 2.75) is 13.1 Å². The van der Waals surface area contributed by atoms with Crippen molar-refractivity contribution < 1.29 is 32.2 Å². The maximum Gasteiger partial charge on any atom is 0.509 e. The molecule has 1 aromatic rings. The zero-order valence-corrected chi connectivity index (χ0v) is 11.5. The Morgan fingerprint density at radius 1 is 1.23 bits per heavy atom. The second-order valence-corrected chi connectivity index (χ2v) is 3.77. The summed E-state index contributed by atoms with van der Waals surface area (Å²) in [6.07, 6.45) is -5.89. The summed E-state index contributed by atoms with van der Waals surface area (Å²) in [6.45, 7) is 1.46. The van der Waals surface area contributed by atoms with E-state index in [0.717, 1.165) is 0 Å². The molecule has 0 spiro atoms. The van der Waals surface area contributed by atoms with Gasteiger partial charge in [0, 0.05) is 5.56 Å². The highest BCUT2D eigenvalue weighted by atomic mass is 19.4. The minimum atomic E-state index is -4.99. The van der Waals surface area contributed by atoms with E-state index in [-0.39, 0.29) is 24.5 Å². The highest BCUT2D eigenvalue weighted by Gasteiger charge is 2.38. The molecule has 8 heteroatoms. The number of benzene rings is 1. The van der Waals surface area contributed by atoms with E-state index in [2.05, 4.69) is 21.3 Å². The first-order valence-corrected chi connectivity index (χ1v) is 6.10. The normalized spacial score (nSPS) is 10.2. The van der Waals surface area contributed by atoms with E-state index < -0.39 is 18.2 Å². The molecule has 0 aliphatic heterocycles. The third kappa shape index (κ3) is 5.75. The molecule has 0 saturated carbocycles. The Morgan fingerprint density at radius 3 is 2.55 bits per heavy atom. The third-order valence-corrected chi connectivity index (χ3v) is 2.18. The highest BCUT2D eigenvalue weighted by Crippen LogP contribution is 2.20. The van der Waals surface area contributed by atoms with Gasteiger partial charge >= 0.3 is 18.2 Å². The molecule has 5 nitrogen and oxygen atoms in total. The van der Waals surface area contributed by atoms with Gasteiger partial charge in [0.2, 0.25) is 0 Å². The third-order valence-electron chi connectivity index (χ3n) is 2.18. The predicted octanol–water partition coefficient (Wildman–Crippen LogP) is 2.71. The first kappa shape index (κ1) is 17.4. The lowest BCUT2D eigenvalue weighted by molar-refractivity contribution is -0.167. The van der Waals surface area contributed by atoms with Gasteiger partial charge in [-0.1, -0.05) is 24.0 Å². The van der Waals surface area contributed by atoms with Gasteiger partial charge < -0.3 is 14.8 Å². The van der Waals surface area contributed by atoms with Gasteiger partial charge in [-0.05, 0) is 19.1 Å². The minimum absolute atomic E-state index is 0.0894. The summed E-state index contributed by atoms with van der Waals surface area (Å²) in [5.74, 6) is 2.85. The summed E-state index contributed by atoms with van der Waals surface area (Å²) >= 11 is 0. The topological polar surface area (TPSA) is 64.6 Å². The van der Waals surface area contributed by atoms with Crippen LogP contribution >= 0.6 is 0 Å². The Hall–Kier alpha value is -2.69. The minimum Gasteiger partial charge on any atom is -0.435 e. The van der Waals surface area contributed by atoms with E-state index in [0.29, 0.717) is 0 Å². The molecule has 0 radical (unpaired) electrons. The molecule has 0 fully saturated rings. The lowest BCUT2D eigenvalue weighted by Crippen LogP contribution is -2.30. The molecule has 0 aliphatic carbocycles. The second kappa shape index (κ2) is 7.93. The maximum atomic E-state index is 12.2. The maximum absolute atomic E-state index is 12.2. The zero-order valence-electron chi connectivity index (χ0n) is 11.5. The average molecular weight is 315 g/mol. The number of ether oxygens (including phenoxy) is 2. The van der Waals surface area contributed by atoms with Gasteiger partial charge in [0.25, 0.3) is 0 Å². The molecular weight excluding hydrogens is 303 g/mol. The van der Waals surface area contributed by atoms with Gasteiger partial charge in [-0.2, -0.15) is 13.2 Å². The Morgan fingerprint density at radius 2 is 1.91 bits per heavy atom. The van der Waals surface area contributed by atoms with Crippen molar-refractivity contribution in [3.05, 3.63) is 29.8 Å². The van der Waals surface area contributed by atoms with E-state index in [1.165, 1.54) is 18.2 Å². The molecular formula is C14H12F3NO4. The summed E-state index contributed by atoms with van der Waals surface area (Å²) in [7, 11) is 0. The van der Waals surface area contributed by atoms with Crippen LogP contribution in [0.2, 0.25) is 0 Å². The number of para-hydroxylation sites is 1. The predicted molar refractivity (Wildman–Crippen MR) is 71.0 cm³/mol. The van der Waals surface area contributed by atoms with Crippen molar-refractivity contribution in [1.29, 1.82) is 0 Å². The van der Waals surface area contributed by atoms with Crippen LogP contribution in [0.25, 0.3) is 0 Å². The Balaban J connectivity index is 2.73. The van der Waals surface area contributed by atoms with Crippen LogP contribution in [0.4, 0.5) is 23.7 Å². The number of carbonyl (C=O) groups excluding carboxylic acids is 2. The van der Waals surface area contributed by atoms with Gasteiger partial charge in [-0.25, -0.2) is 4.79 Å². The van der Waals surface area contributed by atoms with Crippen molar-refractivity contribution in [2.75, 3.05) is 18.5 Å². The van der Waals surface area contributed by atoms with E-state index in [1.807, 2.05) is 0 Å². The van der Waals surface area contributed by atoms with Crippen molar-refractivity contribution in [1.82, 2.24) is 0 Å². The molecule has 22 heavy (non-hydrogen) atoms. The Labute approximate surface area is 124 Å². The number of halogens is 3. The van der Waals surface area contributed by atoms with E-state index in [9.17, 15) is 22.8 Å². The van der Waals surface area contributed by atoms with Crippen LogP contribution in [0.5, 0.6) is 0 Å². The lowest BCUT2D eigenvalue weighted by Gasteiger charge is -2.09. The number of nitrogens with one attached hydrogen (secondary N) is 1. The number of alkyl halides is 3. The number of amides is 1.